The molecule has 0 spiro atoms. The quantitative estimate of drug-likeness (QED) is 0.232. The first kappa shape index (κ1) is 17.1. The van der Waals surface area contributed by atoms with Crippen molar-refractivity contribution in [2.24, 2.45) is 5.10 Å². The van der Waals surface area contributed by atoms with Crippen molar-refractivity contribution >= 4 is 23.9 Å². The van der Waals surface area contributed by atoms with Gasteiger partial charge in [0.15, 0.2) is 17.3 Å². The van der Waals surface area contributed by atoms with Crippen molar-refractivity contribution in [2.75, 3.05) is 18.4 Å². The van der Waals surface area contributed by atoms with Gasteiger partial charge in [-0.1, -0.05) is 0 Å². The van der Waals surface area contributed by atoms with Gasteiger partial charge in [-0.25, -0.2) is 4.79 Å². The number of carbonyl (C=O) groups is 1. The summed E-state index contributed by atoms with van der Waals surface area (Å²) in [5, 5.41) is 37.2. The van der Waals surface area contributed by atoms with Gasteiger partial charge in [-0.05, 0) is 18.2 Å². The molecular weight excluding hydrogens is 348 g/mol. The van der Waals surface area contributed by atoms with E-state index in [0.717, 1.165) is 5.01 Å². The first-order chi connectivity index (χ1) is 12.4. The largest absolute Gasteiger partial charge is 0.504 e. The summed E-state index contributed by atoms with van der Waals surface area (Å²) >= 11 is 0. The molecule has 2 aromatic rings. The molecular formula is C15H14N4O7. The number of carbonyl (C=O) groups excluding carboxylic acids is 1. The second kappa shape index (κ2) is 7.01. The van der Waals surface area contributed by atoms with Crippen LogP contribution in [0.4, 0.5) is 16.4 Å². The molecule has 1 atom stereocenters. The minimum atomic E-state index is -0.676. The number of benzene rings is 1. The number of hydrogen-bond donors (Lipinski definition) is 3. The summed E-state index contributed by atoms with van der Waals surface area (Å²) in [6, 6.07) is 6.78. The first-order valence-corrected chi connectivity index (χ1v) is 7.44. The van der Waals surface area contributed by atoms with E-state index in [9.17, 15) is 25.1 Å². The van der Waals surface area contributed by atoms with E-state index >= 15 is 0 Å². The van der Waals surface area contributed by atoms with Crippen LogP contribution in [0.1, 0.15) is 5.76 Å². The molecule has 26 heavy (non-hydrogen) atoms. The molecule has 0 saturated carbocycles. The number of rotatable bonds is 6. The smallest absolute Gasteiger partial charge is 0.433 e. The average molecular weight is 362 g/mol. The molecule has 0 unspecified atom stereocenters. The fourth-order valence-electron chi connectivity index (χ4n) is 2.21. The zero-order valence-corrected chi connectivity index (χ0v) is 13.2. The third kappa shape index (κ3) is 3.83. The van der Waals surface area contributed by atoms with Crippen LogP contribution in [0.15, 0.2) is 39.9 Å². The number of hydrogen-bond acceptors (Lipinski definition) is 9. The Morgan fingerprint density at radius 2 is 2.15 bits per heavy atom. The third-order valence-electron chi connectivity index (χ3n) is 3.48. The molecule has 0 radical (unpaired) electrons. The highest BCUT2D eigenvalue weighted by atomic mass is 16.6. The molecule has 1 aromatic heterocycles. The number of cyclic esters (lactones) is 1. The van der Waals surface area contributed by atoms with Gasteiger partial charge in [0.25, 0.3) is 0 Å². The third-order valence-corrected chi connectivity index (χ3v) is 3.48. The SMILES string of the molecule is O=C1O[C@@H](CNc2ccc(O)c(O)c2)CN1/N=C/c1ccc([N+](=O)[O-])o1. The topological polar surface area (TPSA) is 151 Å². The lowest BCUT2D eigenvalue weighted by molar-refractivity contribution is -0.402. The normalized spacial score (nSPS) is 16.8. The van der Waals surface area contributed by atoms with Gasteiger partial charge in [0.2, 0.25) is 0 Å². The van der Waals surface area contributed by atoms with Crippen LogP contribution in [0.5, 0.6) is 11.5 Å². The highest BCUT2D eigenvalue weighted by Crippen LogP contribution is 2.27. The molecule has 136 valence electrons. The second-order valence-electron chi connectivity index (χ2n) is 5.35. The van der Waals surface area contributed by atoms with Crippen LogP contribution in [0.3, 0.4) is 0 Å². The lowest BCUT2D eigenvalue weighted by Crippen LogP contribution is -2.24. The van der Waals surface area contributed by atoms with Gasteiger partial charge in [-0.15, -0.1) is 0 Å². The Labute approximate surface area is 146 Å². The highest BCUT2D eigenvalue weighted by Gasteiger charge is 2.31. The van der Waals surface area contributed by atoms with Gasteiger partial charge in [0, 0.05) is 11.8 Å². The molecule has 1 fully saturated rings. The van der Waals surface area contributed by atoms with E-state index in [4.69, 9.17) is 9.15 Å². The maximum Gasteiger partial charge on any atom is 0.433 e. The van der Waals surface area contributed by atoms with Crippen LogP contribution < -0.4 is 5.32 Å². The molecule has 1 saturated heterocycles. The number of ether oxygens (including phenoxy) is 1. The summed E-state index contributed by atoms with van der Waals surface area (Å²) in [6.45, 7) is 0.420. The monoisotopic (exact) mass is 362 g/mol. The van der Waals surface area contributed by atoms with E-state index in [0.29, 0.717) is 5.69 Å². The number of phenols is 2. The van der Waals surface area contributed by atoms with Crippen LogP contribution in [-0.4, -0.2) is 51.6 Å². The van der Waals surface area contributed by atoms with Gasteiger partial charge in [0.1, 0.15) is 11.0 Å². The van der Waals surface area contributed by atoms with Gasteiger partial charge in [-0.3, -0.25) is 10.1 Å². The highest BCUT2D eigenvalue weighted by molar-refractivity contribution is 5.78. The van der Waals surface area contributed by atoms with Crippen LogP contribution in [-0.2, 0) is 4.74 Å². The summed E-state index contributed by atoms with van der Waals surface area (Å²) in [5.74, 6) is -0.793. The lowest BCUT2D eigenvalue weighted by atomic mass is 10.2. The van der Waals surface area contributed by atoms with Gasteiger partial charge in [0.05, 0.1) is 25.4 Å². The summed E-state index contributed by atoms with van der Waals surface area (Å²) in [4.78, 5) is 21.6. The number of nitro groups is 1. The van der Waals surface area contributed by atoms with Crippen molar-refractivity contribution in [1.82, 2.24) is 5.01 Å². The number of phenolic OH excluding ortho intramolecular Hbond substituents is 2. The van der Waals surface area contributed by atoms with Gasteiger partial charge < -0.3 is 24.7 Å². The first-order valence-electron chi connectivity index (χ1n) is 7.44. The zero-order valence-electron chi connectivity index (χ0n) is 13.2. The van der Waals surface area contributed by atoms with E-state index in [1.807, 2.05) is 0 Å². The molecule has 2 heterocycles. The minimum Gasteiger partial charge on any atom is -0.504 e. The van der Waals surface area contributed by atoms with Crippen molar-refractivity contribution < 1.29 is 29.1 Å². The van der Waals surface area contributed by atoms with Gasteiger partial charge >= 0.3 is 12.0 Å². The fourth-order valence-corrected chi connectivity index (χ4v) is 2.21. The van der Waals surface area contributed by atoms with E-state index in [1.165, 1.54) is 30.5 Å². The molecule has 3 N–H and O–H groups in total. The van der Waals surface area contributed by atoms with E-state index < -0.39 is 23.0 Å². The van der Waals surface area contributed by atoms with Crippen molar-refractivity contribution in [3.05, 3.63) is 46.2 Å². The van der Waals surface area contributed by atoms with Crippen LogP contribution in [0.25, 0.3) is 0 Å². The maximum atomic E-state index is 11.8. The second-order valence-corrected chi connectivity index (χ2v) is 5.35. The number of hydrazone groups is 1. The number of amides is 1. The fraction of sp³-hybridized carbons (Fsp3) is 0.200. The van der Waals surface area contributed by atoms with Crippen LogP contribution >= 0.6 is 0 Å². The summed E-state index contributed by atoms with van der Waals surface area (Å²) in [5.41, 5.74) is 0.543. The van der Waals surface area contributed by atoms with E-state index in [2.05, 4.69) is 10.4 Å². The molecule has 1 aromatic carbocycles. The van der Waals surface area contributed by atoms with Crippen molar-refractivity contribution in [3.8, 4) is 11.5 Å². The predicted molar refractivity (Wildman–Crippen MR) is 88.2 cm³/mol. The van der Waals surface area contributed by atoms with Gasteiger partial charge in [-0.2, -0.15) is 10.1 Å². The summed E-state index contributed by atoms with van der Waals surface area (Å²) in [6.07, 6.45) is 0.0198. The molecule has 0 bridgehead atoms. The Balaban J connectivity index is 1.55. The van der Waals surface area contributed by atoms with Crippen LogP contribution in [0, 0.1) is 10.1 Å². The standard InChI is InChI=1S/C15H14N4O7/c20-12-3-1-9(5-13(12)21)16-6-11-8-18(15(22)26-11)17-7-10-2-4-14(25-10)19(23)24/h1-5,7,11,16,20-21H,6,8H2/b17-7+/t11-/m0/s1. The number of aromatic hydroxyl groups is 2. The average Bonchev–Trinajstić information content (AvgIpc) is 3.21. The Hall–Kier alpha value is -3.76. The molecule has 11 nitrogen and oxygen atoms in total. The minimum absolute atomic E-state index is 0.130. The molecule has 1 aliphatic rings. The maximum absolute atomic E-state index is 11.8. The molecule has 3 rings (SSSR count). The molecule has 11 heteroatoms. The predicted octanol–water partition coefficient (Wildman–Crippen LogP) is 1.87. The lowest BCUT2D eigenvalue weighted by Gasteiger charge is -2.11. The Morgan fingerprint density at radius 1 is 1.35 bits per heavy atom. The van der Waals surface area contributed by atoms with Crippen molar-refractivity contribution in [2.45, 2.75) is 6.10 Å². The Bertz CT molecular complexity index is 863. The number of nitrogens with zero attached hydrogens (tertiary/aromatic N) is 3. The molecule has 1 amide bonds. The van der Waals surface area contributed by atoms with Crippen molar-refractivity contribution in [1.29, 1.82) is 0 Å². The number of anilines is 1. The molecule has 0 aliphatic carbocycles. The number of furan rings is 1. The van der Waals surface area contributed by atoms with E-state index in [-0.39, 0.29) is 30.3 Å². The number of nitrogens with one attached hydrogen (secondary N) is 1. The van der Waals surface area contributed by atoms with Crippen LogP contribution in [0.2, 0.25) is 0 Å². The zero-order chi connectivity index (χ0) is 18.7. The summed E-state index contributed by atoms with van der Waals surface area (Å²) < 4.78 is 10.1. The van der Waals surface area contributed by atoms with Crippen molar-refractivity contribution in [3.63, 3.8) is 0 Å². The van der Waals surface area contributed by atoms with E-state index in [1.54, 1.807) is 6.07 Å². The molecule has 1 aliphatic heterocycles. The summed E-state index contributed by atoms with van der Waals surface area (Å²) in [7, 11) is 0. The Kier molecular flexibility index (Phi) is 4.60. The Morgan fingerprint density at radius 3 is 2.85 bits per heavy atom.